The molecular formula is C34H64N2O5. The molecule has 0 radical (unpaired) electrons. The van der Waals surface area contributed by atoms with Crippen LogP contribution < -0.4 is 0 Å². The van der Waals surface area contributed by atoms with Gasteiger partial charge in [0.15, 0.2) is 0 Å². The number of likely N-dealkylation sites (tertiary alicyclic amines) is 1. The summed E-state index contributed by atoms with van der Waals surface area (Å²) in [7, 11) is 3.96. The molecule has 0 N–H and O–H groups in total. The Morgan fingerprint density at radius 2 is 1.05 bits per heavy atom. The highest BCUT2D eigenvalue weighted by molar-refractivity contribution is 5.76. The quantitative estimate of drug-likeness (QED) is 0.0814. The van der Waals surface area contributed by atoms with Gasteiger partial charge in [0.25, 0.3) is 0 Å². The van der Waals surface area contributed by atoms with Crippen LogP contribution in [0.15, 0.2) is 0 Å². The van der Waals surface area contributed by atoms with Crippen LogP contribution in [-0.4, -0.2) is 74.6 Å². The number of hydrogen-bond donors (Lipinski definition) is 0. The summed E-state index contributed by atoms with van der Waals surface area (Å²) in [5.41, 5.74) is -0.130. The molecule has 0 spiro atoms. The molecule has 0 bridgehead atoms. The van der Waals surface area contributed by atoms with Crippen molar-refractivity contribution in [3.63, 3.8) is 0 Å². The number of nitrogens with zero attached hydrogens (tertiary/aromatic N) is 2. The fourth-order valence-corrected chi connectivity index (χ4v) is 5.70. The third kappa shape index (κ3) is 19.2. The summed E-state index contributed by atoms with van der Waals surface area (Å²) in [4.78, 5) is 41.8. The Morgan fingerprint density at radius 1 is 0.634 bits per heavy atom. The number of carbonyl (C=O) groups excluding carboxylic acids is 3. The fraction of sp³-hybridized carbons (Fsp3) is 0.912. The Morgan fingerprint density at radius 3 is 1.46 bits per heavy atom. The summed E-state index contributed by atoms with van der Waals surface area (Å²) in [6.45, 7) is 7.57. The van der Waals surface area contributed by atoms with Crippen LogP contribution in [0.4, 0.5) is 0 Å². The highest BCUT2D eigenvalue weighted by Gasteiger charge is 2.36. The molecule has 1 aliphatic heterocycles. The predicted octanol–water partition coefficient (Wildman–Crippen LogP) is 7.69. The van der Waals surface area contributed by atoms with Gasteiger partial charge < -0.3 is 19.3 Å². The maximum Gasteiger partial charge on any atom is 0.305 e. The van der Waals surface area contributed by atoms with Crippen LogP contribution in [0.3, 0.4) is 0 Å². The van der Waals surface area contributed by atoms with Gasteiger partial charge in [-0.2, -0.15) is 0 Å². The Hall–Kier alpha value is -1.63. The first-order chi connectivity index (χ1) is 19.8. The van der Waals surface area contributed by atoms with Gasteiger partial charge in [-0.05, 0) is 58.0 Å². The minimum absolute atomic E-state index is 0.130. The van der Waals surface area contributed by atoms with E-state index in [2.05, 4.69) is 13.8 Å². The van der Waals surface area contributed by atoms with Gasteiger partial charge in [0.05, 0.1) is 13.2 Å². The number of amides is 1. The zero-order valence-electron chi connectivity index (χ0n) is 27.3. The Kier molecular flexibility index (Phi) is 21.8. The van der Waals surface area contributed by atoms with E-state index in [0.29, 0.717) is 58.4 Å². The van der Waals surface area contributed by atoms with Gasteiger partial charge in [-0.1, -0.05) is 90.9 Å². The molecule has 1 heterocycles. The molecule has 1 saturated heterocycles. The van der Waals surface area contributed by atoms with Gasteiger partial charge in [0, 0.05) is 38.9 Å². The molecule has 7 nitrogen and oxygen atoms in total. The van der Waals surface area contributed by atoms with Gasteiger partial charge >= 0.3 is 11.9 Å². The van der Waals surface area contributed by atoms with Crippen LogP contribution >= 0.6 is 0 Å². The summed E-state index contributed by atoms with van der Waals surface area (Å²) < 4.78 is 11.1. The summed E-state index contributed by atoms with van der Waals surface area (Å²) in [5, 5.41) is 0. The van der Waals surface area contributed by atoms with Gasteiger partial charge in [-0.3, -0.25) is 14.4 Å². The van der Waals surface area contributed by atoms with E-state index in [1.165, 1.54) is 64.2 Å². The van der Waals surface area contributed by atoms with Crippen LogP contribution in [0, 0.1) is 5.41 Å². The molecule has 0 atom stereocenters. The molecular weight excluding hydrogens is 516 g/mol. The monoisotopic (exact) mass is 580 g/mol. The number of carbonyl (C=O) groups is 3. The second-order valence-electron chi connectivity index (χ2n) is 12.6. The third-order valence-corrected chi connectivity index (χ3v) is 8.69. The zero-order chi connectivity index (χ0) is 30.2. The van der Waals surface area contributed by atoms with Crippen LogP contribution in [0.5, 0.6) is 0 Å². The lowest BCUT2D eigenvalue weighted by Crippen LogP contribution is -2.44. The van der Waals surface area contributed by atoms with E-state index in [0.717, 1.165) is 45.1 Å². The van der Waals surface area contributed by atoms with Crippen molar-refractivity contribution in [2.24, 2.45) is 5.41 Å². The molecule has 240 valence electrons. The number of rotatable bonds is 25. The lowest BCUT2D eigenvalue weighted by Gasteiger charge is -2.42. The van der Waals surface area contributed by atoms with Crippen molar-refractivity contribution in [3.05, 3.63) is 0 Å². The van der Waals surface area contributed by atoms with E-state index >= 15 is 0 Å². The summed E-state index contributed by atoms with van der Waals surface area (Å²) >= 11 is 0. The average molecular weight is 581 g/mol. The molecule has 41 heavy (non-hydrogen) atoms. The van der Waals surface area contributed by atoms with Crippen molar-refractivity contribution in [3.8, 4) is 0 Å². The second-order valence-corrected chi connectivity index (χ2v) is 12.6. The number of unbranched alkanes of at least 4 members (excludes halogenated alkanes) is 12. The normalized spacial score (nSPS) is 14.8. The summed E-state index contributed by atoms with van der Waals surface area (Å²) in [6.07, 6.45) is 21.0. The molecule has 1 aliphatic rings. The molecule has 0 aromatic carbocycles. The Balaban J connectivity index is 2.47. The van der Waals surface area contributed by atoms with Gasteiger partial charge in [-0.15, -0.1) is 0 Å². The third-order valence-electron chi connectivity index (χ3n) is 8.69. The minimum atomic E-state index is -0.138. The molecule has 1 amide bonds. The molecule has 0 aliphatic carbocycles. The topological polar surface area (TPSA) is 76.2 Å². The first-order valence-corrected chi connectivity index (χ1v) is 17.1. The molecule has 7 heteroatoms. The number of ether oxygens (including phenoxy) is 2. The standard InChI is InChI=1S/C34H64N2O5/c1-5-7-9-11-13-15-17-29-40-32(38)19-22-34(24-27-36(28-25-34)31(37)21-26-35(3)4)23-20-33(39)41-30-18-16-14-12-10-8-6-2/h5-30H2,1-4H3. The number of piperidine rings is 1. The maximum atomic E-state index is 12.7. The van der Waals surface area contributed by atoms with E-state index in [-0.39, 0.29) is 23.3 Å². The fourth-order valence-electron chi connectivity index (χ4n) is 5.70. The Labute approximate surface area is 252 Å². The first kappa shape index (κ1) is 37.4. The van der Waals surface area contributed by atoms with E-state index in [1.54, 1.807) is 0 Å². The Bertz CT molecular complexity index is 651. The molecule has 0 saturated carbocycles. The van der Waals surface area contributed by atoms with Crippen LogP contribution in [0.2, 0.25) is 0 Å². The SMILES string of the molecule is CCCCCCCCCOC(=O)CCC1(CCC(=O)OCCCCCCCCC)CCN(C(=O)CCN(C)C)CC1. The second kappa shape index (κ2) is 23.9. The molecule has 0 aromatic heterocycles. The number of esters is 2. The van der Waals surface area contributed by atoms with Crippen molar-refractivity contribution in [2.45, 2.75) is 149 Å². The summed E-state index contributed by atoms with van der Waals surface area (Å²) in [5.74, 6) is -0.0850. The van der Waals surface area contributed by atoms with Gasteiger partial charge in [0.2, 0.25) is 5.91 Å². The summed E-state index contributed by atoms with van der Waals surface area (Å²) in [6, 6.07) is 0. The van der Waals surface area contributed by atoms with Crippen molar-refractivity contribution in [1.29, 1.82) is 0 Å². The van der Waals surface area contributed by atoms with E-state index in [1.807, 2.05) is 23.9 Å². The van der Waals surface area contributed by atoms with Crippen LogP contribution in [0.1, 0.15) is 149 Å². The smallest absolute Gasteiger partial charge is 0.305 e. The van der Waals surface area contributed by atoms with Crippen molar-refractivity contribution in [1.82, 2.24) is 9.80 Å². The maximum absolute atomic E-state index is 12.7. The van der Waals surface area contributed by atoms with E-state index in [9.17, 15) is 14.4 Å². The molecule has 0 unspecified atom stereocenters. The van der Waals surface area contributed by atoms with E-state index in [4.69, 9.17) is 9.47 Å². The lowest BCUT2D eigenvalue weighted by molar-refractivity contribution is -0.146. The molecule has 1 fully saturated rings. The van der Waals surface area contributed by atoms with Gasteiger partial charge in [0.1, 0.15) is 0 Å². The molecule has 1 rings (SSSR count). The van der Waals surface area contributed by atoms with Crippen molar-refractivity contribution in [2.75, 3.05) is 46.9 Å². The molecule has 0 aromatic rings. The van der Waals surface area contributed by atoms with Crippen molar-refractivity contribution < 1.29 is 23.9 Å². The van der Waals surface area contributed by atoms with Crippen molar-refractivity contribution >= 4 is 17.8 Å². The predicted molar refractivity (Wildman–Crippen MR) is 168 cm³/mol. The zero-order valence-corrected chi connectivity index (χ0v) is 27.3. The van der Waals surface area contributed by atoms with Gasteiger partial charge in [-0.25, -0.2) is 0 Å². The minimum Gasteiger partial charge on any atom is -0.466 e. The van der Waals surface area contributed by atoms with Crippen LogP contribution in [0.25, 0.3) is 0 Å². The lowest BCUT2D eigenvalue weighted by atomic mass is 9.71. The highest BCUT2D eigenvalue weighted by atomic mass is 16.5. The largest absolute Gasteiger partial charge is 0.466 e. The van der Waals surface area contributed by atoms with E-state index < -0.39 is 0 Å². The van der Waals surface area contributed by atoms with Crippen LogP contribution in [-0.2, 0) is 23.9 Å². The number of hydrogen-bond acceptors (Lipinski definition) is 6. The highest BCUT2D eigenvalue weighted by Crippen LogP contribution is 2.41. The first-order valence-electron chi connectivity index (χ1n) is 17.1. The average Bonchev–Trinajstić information content (AvgIpc) is 2.97.